The average molecular weight is 362 g/mol. The molecule has 1 aromatic carbocycles. The Morgan fingerprint density at radius 1 is 1.04 bits per heavy atom. The van der Waals surface area contributed by atoms with Gasteiger partial charge in [-0.3, -0.25) is 14.5 Å². The van der Waals surface area contributed by atoms with Crippen LogP contribution >= 0.6 is 0 Å². The number of nitrogens with zero attached hydrogens (tertiary/aromatic N) is 1. The molecule has 7 nitrogen and oxygen atoms in total. The zero-order chi connectivity index (χ0) is 18.8. The van der Waals surface area contributed by atoms with Gasteiger partial charge in [-0.1, -0.05) is 19.3 Å². The van der Waals surface area contributed by atoms with E-state index in [0.717, 1.165) is 25.9 Å². The number of hydrogen-bond acceptors (Lipinski definition) is 5. The van der Waals surface area contributed by atoms with Gasteiger partial charge >= 0.3 is 0 Å². The molecule has 7 heteroatoms. The monoisotopic (exact) mass is 362 g/mol. The molecule has 0 radical (unpaired) electrons. The predicted molar refractivity (Wildman–Crippen MR) is 103 cm³/mol. The first-order chi connectivity index (χ1) is 12.6. The van der Waals surface area contributed by atoms with E-state index < -0.39 is 6.04 Å². The summed E-state index contributed by atoms with van der Waals surface area (Å²) in [5.74, 6) is -0.315. The van der Waals surface area contributed by atoms with Crippen LogP contribution in [0.2, 0.25) is 0 Å². The minimum absolute atomic E-state index is 0.00974. The molecular formula is C19H30N4O3. The number of carbonyl (C=O) groups is 2. The number of rotatable bonds is 7. The van der Waals surface area contributed by atoms with Crippen molar-refractivity contribution in [3.05, 3.63) is 24.3 Å². The highest BCUT2D eigenvalue weighted by molar-refractivity contribution is 5.95. The molecule has 2 amide bonds. The van der Waals surface area contributed by atoms with Crippen LogP contribution in [0.1, 0.15) is 32.1 Å². The van der Waals surface area contributed by atoms with E-state index in [0.29, 0.717) is 17.9 Å². The van der Waals surface area contributed by atoms with Gasteiger partial charge < -0.3 is 21.1 Å². The van der Waals surface area contributed by atoms with Crippen LogP contribution in [0.25, 0.3) is 0 Å². The van der Waals surface area contributed by atoms with Crippen LogP contribution in [-0.2, 0) is 14.3 Å². The Bertz CT molecular complexity index is 569. The van der Waals surface area contributed by atoms with Crippen LogP contribution in [0, 0.1) is 0 Å². The maximum Gasteiger partial charge on any atom is 0.243 e. The van der Waals surface area contributed by atoms with Crippen molar-refractivity contribution in [1.82, 2.24) is 4.90 Å². The Balaban J connectivity index is 1.80. The van der Waals surface area contributed by atoms with E-state index in [1.807, 2.05) is 0 Å². The molecular weight excluding hydrogens is 332 g/mol. The first-order valence-electron chi connectivity index (χ1n) is 9.26. The number of nitrogens with one attached hydrogen (secondary N) is 2. The summed E-state index contributed by atoms with van der Waals surface area (Å²) in [6.45, 7) is 2.56. The van der Waals surface area contributed by atoms with Crippen LogP contribution in [0.15, 0.2) is 24.3 Å². The van der Waals surface area contributed by atoms with Crippen molar-refractivity contribution in [2.75, 3.05) is 44.0 Å². The molecule has 0 bridgehead atoms. The lowest BCUT2D eigenvalue weighted by atomic mass is 10.1. The van der Waals surface area contributed by atoms with E-state index in [4.69, 9.17) is 10.5 Å². The number of nitrogens with two attached hydrogens (primary N) is 1. The van der Waals surface area contributed by atoms with Gasteiger partial charge in [0.15, 0.2) is 0 Å². The third kappa shape index (κ3) is 7.11. The first-order valence-corrected chi connectivity index (χ1v) is 9.26. The molecule has 1 unspecified atom stereocenters. The van der Waals surface area contributed by atoms with Crippen LogP contribution < -0.4 is 16.4 Å². The molecule has 144 valence electrons. The zero-order valence-electron chi connectivity index (χ0n) is 15.5. The van der Waals surface area contributed by atoms with Crippen molar-refractivity contribution in [2.45, 2.75) is 38.1 Å². The van der Waals surface area contributed by atoms with Gasteiger partial charge in [0.1, 0.15) is 6.04 Å². The van der Waals surface area contributed by atoms with Crippen LogP contribution in [0.5, 0.6) is 0 Å². The maximum absolute atomic E-state index is 12.2. The van der Waals surface area contributed by atoms with Crippen molar-refractivity contribution < 1.29 is 14.3 Å². The van der Waals surface area contributed by atoms with E-state index in [9.17, 15) is 9.59 Å². The minimum Gasteiger partial charge on any atom is -0.383 e. The average Bonchev–Trinajstić information content (AvgIpc) is 2.59. The van der Waals surface area contributed by atoms with Gasteiger partial charge in [0.05, 0.1) is 13.2 Å². The SMILES string of the molecule is COCC(N)C(=O)Nc1ccc(NC(=O)CN2CCCCCCC2)cc1. The molecule has 1 aliphatic rings. The number of carbonyl (C=O) groups excluding carboxylic acids is 2. The number of hydrogen-bond donors (Lipinski definition) is 3. The van der Waals surface area contributed by atoms with Gasteiger partial charge in [0.2, 0.25) is 11.8 Å². The Labute approximate surface area is 155 Å². The zero-order valence-corrected chi connectivity index (χ0v) is 15.5. The third-order valence-corrected chi connectivity index (χ3v) is 4.44. The number of methoxy groups -OCH3 is 1. The fourth-order valence-electron chi connectivity index (χ4n) is 3.00. The van der Waals surface area contributed by atoms with Gasteiger partial charge in [-0.2, -0.15) is 0 Å². The van der Waals surface area contributed by atoms with Gasteiger partial charge in [-0.05, 0) is 50.2 Å². The Morgan fingerprint density at radius 2 is 1.58 bits per heavy atom. The van der Waals surface area contributed by atoms with Crippen LogP contribution in [0.4, 0.5) is 11.4 Å². The maximum atomic E-state index is 12.2. The molecule has 0 spiro atoms. The molecule has 1 fully saturated rings. The first kappa shape index (κ1) is 20.4. The predicted octanol–water partition coefficient (Wildman–Crippen LogP) is 1.80. The molecule has 1 heterocycles. The van der Waals surface area contributed by atoms with Crippen LogP contribution in [-0.4, -0.2) is 56.1 Å². The largest absolute Gasteiger partial charge is 0.383 e. The second-order valence-corrected chi connectivity index (χ2v) is 6.72. The topological polar surface area (TPSA) is 96.7 Å². The van der Waals surface area contributed by atoms with Crippen molar-refractivity contribution in [3.8, 4) is 0 Å². The normalized spacial score (nSPS) is 17.0. The van der Waals surface area contributed by atoms with Crippen molar-refractivity contribution in [3.63, 3.8) is 0 Å². The summed E-state index contributed by atoms with van der Waals surface area (Å²) in [4.78, 5) is 26.3. The van der Waals surface area contributed by atoms with Gasteiger partial charge in [-0.15, -0.1) is 0 Å². The lowest BCUT2D eigenvalue weighted by Crippen LogP contribution is -2.39. The summed E-state index contributed by atoms with van der Waals surface area (Å²) in [5, 5.41) is 5.63. The molecule has 1 aromatic rings. The Hall–Kier alpha value is -1.96. The number of likely N-dealkylation sites (tertiary alicyclic amines) is 1. The molecule has 1 aliphatic heterocycles. The minimum atomic E-state index is -0.711. The fraction of sp³-hybridized carbons (Fsp3) is 0.579. The Kier molecular flexibility index (Phi) is 8.53. The highest BCUT2D eigenvalue weighted by Crippen LogP contribution is 2.14. The molecule has 0 saturated carbocycles. The van der Waals surface area contributed by atoms with Crippen molar-refractivity contribution >= 4 is 23.2 Å². The molecule has 0 aliphatic carbocycles. The van der Waals surface area contributed by atoms with Crippen molar-refractivity contribution in [2.24, 2.45) is 5.73 Å². The lowest BCUT2D eigenvalue weighted by molar-refractivity contribution is -0.118. The van der Waals surface area contributed by atoms with E-state index >= 15 is 0 Å². The van der Waals surface area contributed by atoms with E-state index in [2.05, 4.69) is 15.5 Å². The molecule has 1 atom stereocenters. The summed E-state index contributed by atoms with van der Waals surface area (Å²) < 4.78 is 4.87. The van der Waals surface area contributed by atoms with E-state index in [1.54, 1.807) is 24.3 Å². The molecule has 4 N–H and O–H groups in total. The second kappa shape index (κ2) is 10.9. The summed E-state index contributed by atoms with van der Waals surface area (Å²) in [6, 6.07) is 6.30. The van der Waals surface area contributed by atoms with Gasteiger partial charge in [-0.25, -0.2) is 0 Å². The number of ether oxygens (including phenoxy) is 1. The van der Waals surface area contributed by atoms with Crippen molar-refractivity contribution in [1.29, 1.82) is 0 Å². The number of benzene rings is 1. The molecule has 26 heavy (non-hydrogen) atoms. The quantitative estimate of drug-likeness (QED) is 0.687. The smallest absolute Gasteiger partial charge is 0.243 e. The standard InChI is InChI=1S/C19H30N4O3/c1-26-14-17(20)19(25)22-16-9-7-15(8-10-16)21-18(24)13-23-11-5-3-2-4-6-12-23/h7-10,17H,2-6,11-14,20H2,1H3,(H,21,24)(H,22,25). The summed E-state index contributed by atoms with van der Waals surface area (Å²) in [5.41, 5.74) is 7.02. The van der Waals surface area contributed by atoms with Crippen LogP contribution in [0.3, 0.4) is 0 Å². The van der Waals surface area contributed by atoms with E-state index in [-0.39, 0.29) is 18.4 Å². The highest BCUT2D eigenvalue weighted by Gasteiger charge is 2.14. The summed E-state index contributed by atoms with van der Waals surface area (Å²) in [6.07, 6.45) is 6.12. The highest BCUT2D eigenvalue weighted by atomic mass is 16.5. The number of amides is 2. The number of anilines is 2. The Morgan fingerprint density at radius 3 is 2.15 bits per heavy atom. The van der Waals surface area contributed by atoms with Gasteiger partial charge in [0, 0.05) is 18.5 Å². The summed E-state index contributed by atoms with van der Waals surface area (Å²) in [7, 11) is 1.50. The fourth-order valence-corrected chi connectivity index (χ4v) is 3.00. The lowest BCUT2D eigenvalue weighted by Gasteiger charge is -2.23. The van der Waals surface area contributed by atoms with Gasteiger partial charge in [0.25, 0.3) is 0 Å². The molecule has 0 aromatic heterocycles. The summed E-state index contributed by atoms with van der Waals surface area (Å²) >= 11 is 0. The molecule has 1 saturated heterocycles. The molecule has 2 rings (SSSR count). The third-order valence-electron chi connectivity index (χ3n) is 4.44. The second-order valence-electron chi connectivity index (χ2n) is 6.72. The van der Waals surface area contributed by atoms with E-state index in [1.165, 1.54) is 26.4 Å².